The SMILES string of the molecule is C=CCn1c(CNC(=O)Cc2ccccc2)nc2ccccc21. The topological polar surface area (TPSA) is 46.9 Å². The van der Waals surface area contributed by atoms with Gasteiger partial charge in [-0.2, -0.15) is 0 Å². The number of allylic oxidation sites excluding steroid dienone is 1. The van der Waals surface area contributed by atoms with Crippen LogP contribution in [0.25, 0.3) is 11.0 Å². The number of hydrogen-bond donors (Lipinski definition) is 1. The van der Waals surface area contributed by atoms with Gasteiger partial charge in [0.25, 0.3) is 0 Å². The van der Waals surface area contributed by atoms with Crippen LogP contribution in [0.1, 0.15) is 11.4 Å². The van der Waals surface area contributed by atoms with Crippen molar-refractivity contribution in [3.05, 3.63) is 78.6 Å². The lowest BCUT2D eigenvalue weighted by molar-refractivity contribution is -0.120. The summed E-state index contributed by atoms with van der Waals surface area (Å²) in [7, 11) is 0. The Morgan fingerprint density at radius 1 is 1.13 bits per heavy atom. The third-order valence-corrected chi connectivity index (χ3v) is 3.70. The molecule has 0 radical (unpaired) electrons. The molecule has 0 saturated carbocycles. The summed E-state index contributed by atoms with van der Waals surface area (Å²) in [6.45, 7) is 4.88. The molecule has 1 aromatic heterocycles. The summed E-state index contributed by atoms with van der Waals surface area (Å²) >= 11 is 0. The Balaban J connectivity index is 1.72. The largest absolute Gasteiger partial charge is 0.349 e. The predicted molar refractivity (Wildman–Crippen MR) is 91.9 cm³/mol. The number of nitrogens with zero attached hydrogens (tertiary/aromatic N) is 2. The number of para-hydroxylation sites is 2. The van der Waals surface area contributed by atoms with E-state index in [1.165, 1.54) is 0 Å². The Hall–Kier alpha value is -2.88. The van der Waals surface area contributed by atoms with E-state index in [9.17, 15) is 4.79 Å². The predicted octanol–water partition coefficient (Wildman–Crippen LogP) is 3.08. The first kappa shape index (κ1) is 15.0. The van der Waals surface area contributed by atoms with Crippen molar-refractivity contribution in [3.8, 4) is 0 Å². The van der Waals surface area contributed by atoms with Crippen LogP contribution < -0.4 is 5.32 Å². The lowest BCUT2D eigenvalue weighted by atomic mass is 10.1. The normalized spacial score (nSPS) is 10.6. The molecular weight excluding hydrogens is 286 g/mol. The number of benzene rings is 2. The molecule has 1 amide bonds. The summed E-state index contributed by atoms with van der Waals surface area (Å²) in [5, 5.41) is 2.95. The summed E-state index contributed by atoms with van der Waals surface area (Å²) in [4.78, 5) is 16.7. The van der Waals surface area contributed by atoms with Gasteiger partial charge in [0.2, 0.25) is 5.91 Å². The molecule has 0 saturated heterocycles. The van der Waals surface area contributed by atoms with E-state index in [0.29, 0.717) is 19.5 Å². The van der Waals surface area contributed by atoms with Crippen molar-refractivity contribution < 1.29 is 4.79 Å². The van der Waals surface area contributed by atoms with Crippen LogP contribution in [0, 0.1) is 0 Å². The fourth-order valence-electron chi connectivity index (χ4n) is 2.61. The van der Waals surface area contributed by atoms with Crippen molar-refractivity contribution in [2.24, 2.45) is 0 Å². The number of rotatable bonds is 6. The lowest BCUT2D eigenvalue weighted by Gasteiger charge is -2.08. The van der Waals surface area contributed by atoms with E-state index in [-0.39, 0.29) is 5.91 Å². The summed E-state index contributed by atoms with van der Waals surface area (Å²) < 4.78 is 2.07. The first-order valence-corrected chi connectivity index (χ1v) is 7.63. The van der Waals surface area contributed by atoms with Gasteiger partial charge in [-0.1, -0.05) is 48.5 Å². The van der Waals surface area contributed by atoms with Crippen LogP contribution >= 0.6 is 0 Å². The first-order valence-electron chi connectivity index (χ1n) is 7.63. The first-order chi connectivity index (χ1) is 11.3. The maximum atomic E-state index is 12.1. The van der Waals surface area contributed by atoms with Crippen LogP contribution in [0.5, 0.6) is 0 Å². The van der Waals surface area contributed by atoms with Gasteiger partial charge in [0.1, 0.15) is 5.82 Å². The number of hydrogen-bond acceptors (Lipinski definition) is 2. The average Bonchev–Trinajstić information content (AvgIpc) is 2.92. The van der Waals surface area contributed by atoms with Gasteiger partial charge in [-0.3, -0.25) is 4.79 Å². The van der Waals surface area contributed by atoms with Gasteiger partial charge in [0.05, 0.1) is 24.0 Å². The molecule has 0 aliphatic carbocycles. The molecule has 0 atom stereocenters. The summed E-state index contributed by atoms with van der Waals surface area (Å²) in [6.07, 6.45) is 2.21. The van der Waals surface area contributed by atoms with Crippen LogP contribution in [-0.4, -0.2) is 15.5 Å². The molecule has 0 aliphatic rings. The molecule has 1 N–H and O–H groups in total. The van der Waals surface area contributed by atoms with E-state index >= 15 is 0 Å². The van der Waals surface area contributed by atoms with Crippen LogP contribution in [-0.2, 0) is 24.3 Å². The Morgan fingerprint density at radius 3 is 2.65 bits per heavy atom. The highest BCUT2D eigenvalue weighted by atomic mass is 16.1. The maximum Gasteiger partial charge on any atom is 0.224 e. The average molecular weight is 305 g/mol. The number of imidazole rings is 1. The van der Waals surface area contributed by atoms with Gasteiger partial charge in [-0.15, -0.1) is 6.58 Å². The maximum absolute atomic E-state index is 12.1. The molecule has 0 unspecified atom stereocenters. The smallest absolute Gasteiger partial charge is 0.224 e. The van der Waals surface area contributed by atoms with Gasteiger partial charge in [-0.25, -0.2) is 4.98 Å². The zero-order valence-electron chi connectivity index (χ0n) is 12.9. The number of carbonyl (C=O) groups is 1. The van der Waals surface area contributed by atoms with Crippen molar-refractivity contribution in [3.63, 3.8) is 0 Å². The molecule has 23 heavy (non-hydrogen) atoms. The molecule has 116 valence electrons. The van der Waals surface area contributed by atoms with Gasteiger partial charge < -0.3 is 9.88 Å². The molecule has 3 rings (SSSR count). The van der Waals surface area contributed by atoms with E-state index in [1.54, 1.807) is 0 Å². The van der Waals surface area contributed by atoms with Gasteiger partial charge in [-0.05, 0) is 17.7 Å². The zero-order valence-corrected chi connectivity index (χ0v) is 12.9. The highest BCUT2D eigenvalue weighted by molar-refractivity contribution is 5.79. The summed E-state index contributed by atoms with van der Waals surface area (Å²) in [5.74, 6) is 0.834. The van der Waals surface area contributed by atoms with E-state index in [4.69, 9.17) is 0 Å². The number of nitrogens with one attached hydrogen (secondary N) is 1. The molecule has 4 nitrogen and oxygen atoms in total. The fourth-order valence-corrected chi connectivity index (χ4v) is 2.61. The van der Waals surface area contributed by atoms with E-state index in [1.807, 2.05) is 60.7 Å². The summed E-state index contributed by atoms with van der Waals surface area (Å²) in [6, 6.07) is 17.7. The number of aromatic nitrogens is 2. The van der Waals surface area contributed by atoms with Crippen LogP contribution in [0.4, 0.5) is 0 Å². The second-order valence-corrected chi connectivity index (χ2v) is 5.36. The number of fused-ring (bicyclic) bond motifs is 1. The Labute approximate surface area is 135 Å². The molecule has 0 bridgehead atoms. The standard InChI is InChI=1S/C19H19N3O/c1-2-12-22-17-11-7-6-10-16(17)21-18(22)14-20-19(23)13-15-8-4-3-5-9-15/h2-11H,1,12-14H2,(H,20,23). The molecule has 0 fully saturated rings. The highest BCUT2D eigenvalue weighted by Gasteiger charge is 2.10. The van der Waals surface area contributed by atoms with Gasteiger partial charge in [0, 0.05) is 6.54 Å². The van der Waals surface area contributed by atoms with E-state index in [2.05, 4.69) is 21.4 Å². The lowest BCUT2D eigenvalue weighted by Crippen LogP contribution is -2.26. The highest BCUT2D eigenvalue weighted by Crippen LogP contribution is 2.16. The molecule has 1 heterocycles. The van der Waals surface area contributed by atoms with E-state index < -0.39 is 0 Å². The van der Waals surface area contributed by atoms with Crippen molar-refractivity contribution >= 4 is 16.9 Å². The molecule has 0 spiro atoms. The van der Waals surface area contributed by atoms with Crippen molar-refractivity contribution in [1.82, 2.24) is 14.9 Å². The second kappa shape index (κ2) is 6.92. The van der Waals surface area contributed by atoms with Crippen molar-refractivity contribution in [2.45, 2.75) is 19.5 Å². The number of amides is 1. The zero-order chi connectivity index (χ0) is 16.1. The number of carbonyl (C=O) groups excluding carboxylic acids is 1. The van der Waals surface area contributed by atoms with Crippen LogP contribution in [0.15, 0.2) is 67.3 Å². The minimum atomic E-state index is -0.00610. The summed E-state index contributed by atoms with van der Waals surface area (Å²) in [5.41, 5.74) is 2.99. The monoisotopic (exact) mass is 305 g/mol. The molecule has 4 heteroatoms. The minimum Gasteiger partial charge on any atom is -0.349 e. The molecule has 2 aromatic carbocycles. The third kappa shape index (κ3) is 3.48. The molecule has 3 aromatic rings. The molecular formula is C19H19N3O. The minimum absolute atomic E-state index is 0.00610. The Morgan fingerprint density at radius 2 is 1.87 bits per heavy atom. The van der Waals surface area contributed by atoms with Gasteiger partial charge in [0.15, 0.2) is 0 Å². The second-order valence-electron chi connectivity index (χ2n) is 5.36. The van der Waals surface area contributed by atoms with Gasteiger partial charge >= 0.3 is 0 Å². The molecule has 0 aliphatic heterocycles. The van der Waals surface area contributed by atoms with E-state index in [0.717, 1.165) is 22.4 Å². The van der Waals surface area contributed by atoms with Crippen molar-refractivity contribution in [1.29, 1.82) is 0 Å². The third-order valence-electron chi connectivity index (χ3n) is 3.70. The quantitative estimate of drug-likeness (QED) is 0.711. The Kier molecular flexibility index (Phi) is 4.52. The fraction of sp³-hybridized carbons (Fsp3) is 0.158. The van der Waals surface area contributed by atoms with Crippen LogP contribution in [0.3, 0.4) is 0 Å². The Bertz CT molecular complexity index is 821. The van der Waals surface area contributed by atoms with Crippen molar-refractivity contribution in [2.75, 3.05) is 0 Å². The van der Waals surface area contributed by atoms with Crippen LogP contribution in [0.2, 0.25) is 0 Å².